The van der Waals surface area contributed by atoms with Crippen molar-refractivity contribution in [3.05, 3.63) is 47.5 Å². The molecular formula is C20H23NO5S. The van der Waals surface area contributed by atoms with Gasteiger partial charge in [-0.15, -0.1) is 0 Å². The summed E-state index contributed by atoms with van der Waals surface area (Å²) in [5.74, 6) is 1.75. The number of sulfonamides is 1. The molecule has 144 valence electrons. The molecule has 0 spiro atoms. The number of rotatable bonds is 4. The van der Waals surface area contributed by atoms with E-state index in [1.807, 2.05) is 31.2 Å². The second-order valence-corrected chi connectivity index (χ2v) is 8.69. The molecule has 2 aliphatic rings. The Hall–Kier alpha value is -2.25. The Morgan fingerprint density at radius 1 is 1.07 bits per heavy atom. The largest absolute Gasteiger partial charge is 0.495 e. The molecule has 2 aromatic carbocycles. The average Bonchev–Trinajstić information content (AvgIpc) is 3.18. The second kappa shape index (κ2) is 7.05. The van der Waals surface area contributed by atoms with Crippen LogP contribution in [0.3, 0.4) is 0 Å². The van der Waals surface area contributed by atoms with E-state index in [2.05, 4.69) is 0 Å². The van der Waals surface area contributed by atoms with Gasteiger partial charge in [0.2, 0.25) is 10.0 Å². The van der Waals surface area contributed by atoms with Crippen molar-refractivity contribution in [2.75, 3.05) is 26.9 Å². The highest BCUT2D eigenvalue weighted by molar-refractivity contribution is 7.89. The number of hydrogen-bond acceptors (Lipinski definition) is 5. The first-order valence-electron chi connectivity index (χ1n) is 9.07. The normalized spacial score (nSPS) is 19.9. The van der Waals surface area contributed by atoms with Crippen LogP contribution in [0.15, 0.2) is 41.3 Å². The van der Waals surface area contributed by atoms with Gasteiger partial charge in [0.15, 0.2) is 11.5 Å². The molecule has 1 saturated heterocycles. The van der Waals surface area contributed by atoms with Crippen LogP contribution in [-0.4, -0.2) is 39.6 Å². The van der Waals surface area contributed by atoms with Crippen LogP contribution in [0.4, 0.5) is 0 Å². The Morgan fingerprint density at radius 2 is 1.85 bits per heavy atom. The number of ether oxygens (including phenoxy) is 3. The maximum Gasteiger partial charge on any atom is 0.247 e. The summed E-state index contributed by atoms with van der Waals surface area (Å²) in [7, 11) is -2.19. The summed E-state index contributed by atoms with van der Waals surface area (Å²) in [6, 6.07) is 10.7. The number of fused-ring (bicyclic) bond motifs is 1. The van der Waals surface area contributed by atoms with Crippen LogP contribution in [0.1, 0.15) is 30.0 Å². The highest BCUT2D eigenvalue weighted by atomic mass is 32.2. The van der Waals surface area contributed by atoms with E-state index < -0.39 is 10.0 Å². The fourth-order valence-corrected chi connectivity index (χ4v) is 5.66. The van der Waals surface area contributed by atoms with Crippen LogP contribution >= 0.6 is 0 Å². The summed E-state index contributed by atoms with van der Waals surface area (Å²) in [6.07, 6.45) is 1.58. The van der Waals surface area contributed by atoms with Crippen molar-refractivity contribution in [3.63, 3.8) is 0 Å². The molecule has 0 N–H and O–H groups in total. The molecule has 7 heteroatoms. The summed E-state index contributed by atoms with van der Waals surface area (Å²) in [5.41, 5.74) is 1.80. The van der Waals surface area contributed by atoms with E-state index in [9.17, 15) is 8.42 Å². The smallest absolute Gasteiger partial charge is 0.247 e. The molecular weight excluding hydrogens is 366 g/mol. The van der Waals surface area contributed by atoms with Crippen molar-refractivity contribution in [1.29, 1.82) is 0 Å². The van der Waals surface area contributed by atoms with Gasteiger partial charge >= 0.3 is 0 Å². The molecule has 0 aromatic heterocycles. The van der Waals surface area contributed by atoms with Crippen molar-refractivity contribution < 1.29 is 22.6 Å². The maximum absolute atomic E-state index is 13.4. The van der Waals surface area contributed by atoms with Gasteiger partial charge in [-0.3, -0.25) is 0 Å². The van der Waals surface area contributed by atoms with E-state index >= 15 is 0 Å². The molecule has 2 aliphatic heterocycles. The van der Waals surface area contributed by atoms with Crippen LogP contribution in [0.5, 0.6) is 17.2 Å². The molecule has 0 radical (unpaired) electrons. The molecule has 0 saturated carbocycles. The zero-order valence-corrected chi connectivity index (χ0v) is 16.3. The first kappa shape index (κ1) is 18.1. The van der Waals surface area contributed by atoms with Crippen molar-refractivity contribution in [1.82, 2.24) is 4.31 Å². The van der Waals surface area contributed by atoms with Crippen molar-refractivity contribution in [2.24, 2.45) is 0 Å². The topological polar surface area (TPSA) is 65.1 Å². The Labute approximate surface area is 159 Å². The minimum atomic E-state index is -3.69. The van der Waals surface area contributed by atoms with E-state index in [0.29, 0.717) is 37.0 Å². The molecule has 6 nitrogen and oxygen atoms in total. The molecule has 0 amide bonds. The number of benzene rings is 2. The monoisotopic (exact) mass is 389 g/mol. The van der Waals surface area contributed by atoms with Gasteiger partial charge in [-0.1, -0.05) is 12.1 Å². The lowest BCUT2D eigenvalue weighted by Gasteiger charge is -2.27. The first-order chi connectivity index (χ1) is 13.0. The standard InChI is InChI=1S/C20H23NO5S/c1-14-5-7-18(24-2)20(12-14)27(22,23)21-9-3-4-16(21)15-6-8-17-19(13-15)26-11-10-25-17/h5-8,12-13,16H,3-4,9-11H2,1-2H3/t16-/m0/s1. The maximum atomic E-state index is 13.4. The number of hydrogen-bond donors (Lipinski definition) is 0. The summed E-state index contributed by atoms with van der Waals surface area (Å²) in [4.78, 5) is 0.217. The SMILES string of the molecule is COc1ccc(C)cc1S(=O)(=O)N1CCC[C@H]1c1ccc2c(c1)OCCO2. The lowest BCUT2D eigenvalue weighted by atomic mass is 10.0. The minimum absolute atomic E-state index is 0.217. The molecule has 0 aliphatic carbocycles. The van der Waals surface area contributed by atoms with E-state index in [0.717, 1.165) is 24.0 Å². The molecule has 2 heterocycles. The summed E-state index contributed by atoms with van der Waals surface area (Å²) >= 11 is 0. The molecule has 27 heavy (non-hydrogen) atoms. The number of methoxy groups -OCH3 is 1. The fourth-order valence-electron chi connectivity index (χ4n) is 3.74. The van der Waals surface area contributed by atoms with Gasteiger partial charge in [0.25, 0.3) is 0 Å². The summed E-state index contributed by atoms with van der Waals surface area (Å²) in [5, 5.41) is 0. The quantitative estimate of drug-likeness (QED) is 0.803. The Bertz CT molecular complexity index is 957. The van der Waals surface area contributed by atoms with Gasteiger partial charge in [0.05, 0.1) is 13.2 Å². The van der Waals surface area contributed by atoms with E-state index in [-0.39, 0.29) is 10.9 Å². The zero-order valence-electron chi connectivity index (χ0n) is 15.5. The predicted molar refractivity (Wildman–Crippen MR) is 101 cm³/mol. The zero-order chi connectivity index (χ0) is 19.0. The third-order valence-electron chi connectivity index (χ3n) is 5.06. The summed E-state index contributed by atoms with van der Waals surface area (Å²) < 4.78 is 45.0. The van der Waals surface area contributed by atoms with Crippen LogP contribution in [0.25, 0.3) is 0 Å². The van der Waals surface area contributed by atoms with Crippen molar-refractivity contribution in [3.8, 4) is 17.2 Å². The lowest BCUT2D eigenvalue weighted by Crippen LogP contribution is -2.31. The highest BCUT2D eigenvalue weighted by Gasteiger charge is 2.38. The van der Waals surface area contributed by atoms with Gasteiger partial charge in [0.1, 0.15) is 23.9 Å². The molecule has 1 atom stereocenters. The van der Waals surface area contributed by atoms with E-state index in [1.165, 1.54) is 7.11 Å². The fraction of sp³-hybridized carbons (Fsp3) is 0.400. The van der Waals surface area contributed by atoms with Gasteiger partial charge < -0.3 is 14.2 Å². The highest BCUT2D eigenvalue weighted by Crippen LogP contribution is 2.41. The molecule has 0 unspecified atom stereocenters. The van der Waals surface area contributed by atoms with Crippen molar-refractivity contribution in [2.45, 2.75) is 30.7 Å². The van der Waals surface area contributed by atoms with Crippen LogP contribution < -0.4 is 14.2 Å². The van der Waals surface area contributed by atoms with Gasteiger partial charge in [-0.2, -0.15) is 4.31 Å². The van der Waals surface area contributed by atoms with E-state index in [4.69, 9.17) is 14.2 Å². The first-order valence-corrected chi connectivity index (χ1v) is 10.5. The Balaban J connectivity index is 1.72. The lowest BCUT2D eigenvalue weighted by molar-refractivity contribution is 0.171. The summed E-state index contributed by atoms with van der Waals surface area (Å²) in [6.45, 7) is 3.40. The second-order valence-electron chi connectivity index (χ2n) is 6.83. The Morgan fingerprint density at radius 3 is 2.63 bits per heavy atom. The molecule has 0 bridgehead atoms. The number of nitrogens with zero attached hydrogens (tertiary/aromatic N) is 1. The van der Waals surface area contributed by atoms with Crippen molar-refractivity contribution >= 4 is 10.0 Å². The minimum Gasteiger partial charge on any atom is -0.495 e. The third-order valence-corrected chi connectivity index (χ3v) is 6.99. The Kier molecular flexibility index (Phi) is 4.74. The van der Waals surface area contributed by atoms with Gasteiger partial charge in [-0.25, -0.2) is 8.42 Å². The molecule has 2 aromatic rings. The molecule has 4 rings (SSSR count). The van der Waals surface area contributed by atoms with E-state index in [1.54, 1.807) is 16.4 Å². The van der Waals surface area contributed by atoms with Crippen LogP contribution in [0.2, 0.25) is 0 Å². The number of aryl methyl sites for hydroxylation is 1. The third kappa shape index (κ3) is 3.26. The van der Waals surface area contributed by atoms with Gasteiger partial charge in [0, 0.05) is 6.54 Å². The predicted octanol–water partition coefficient (Wildman–Crippen LogP) is 3.30. The van der Waals surface area contributed by atoms with Gasteiger partial charge in [-0.05, 0) is 55.2 Å². The molecule has 1 fully saturated rings. The average molecular weight is 389 g/mol. The van der Waals surface area contributed by atoms with Crippen LogP contribution in [-0.2, 0) is 10.0 Å². The van der Waals surface area contributed by atoms with Crippen LogP contribution in [0, 0.1) is 6.92 Å².